The highest BCUT2D eigenvalue weighted by Crippen LogP contribution is 2.27. The van der Waals surface area contributed by atoms with Crippen molar-refractivity contribution in [1.29, 1.82) is 0 Å². The van der Waals surface area contributed by atoms with Crippen molar-refractivity contribution in [3.63, 3.8) is 0 Å². The highest BCUT2D eigenvalue weighted by molar-refractivity contribution is 5.76. The summed E-state index contributed by atoms with van der Waals surface area (Å²) >= 11 is 0. The molecule has 0 aliphatic rings. The van der Waals surface area contributed by atoms with Gasteiger partial charge in [0.25, 0.3) is 0 Å². The molecule has 0 aliphatic carbocycles. The second-order valence-electron chi connectivity index (χ2n) is 7.82. The summed E-state index contributed by atoms with van der Waals surface area (Å²) < 4.78 is 0. The van der Waals surface area contributed by atoms with Gasteiger partial charge in [0, 0.05) is 33.5 Å². The van der Waals surface area contributed by atoms with Gasteiger partial charge < -0.3 is 10.2 Å². The van der Waals surface area contributed by atoms with Gasteiger partial charge in [-0.1, -0.05) is 34.6 Å². The van der Waals surface area contributed by atoms with E-state index < -0.39 is 0 Å². The summed E-state index contributed by atoms with van der Waals surface area (Å²) in [7, 11) is 3.57. The van der Waals surface area contributed by atoms with Gasteiger partial charge in [-0.15, -0.1) is 0 Å². The molecule has 0 saturated heterocycles. The van der Waals surface area contributed by atoms with Crippen molar-refractivity contribution in [3.05, 3.63) is 0 Å². The van der Waals surface area contributed by atoms with Crippen LogP contribution in [0.5, 0.6) is 0 Å². The third-order valence-corrected chi connectivity index (χ3v) is 3.17. The van der Waals surface area contributed by atoms with Crippen molar-refractivity contribution in [1.82, 2.24) is 10.2 Å². The lowest BCUT2D eigenvalue weighted by Crippen LogP contribution is -2.30. The zero-order valence-electron chi connectivity index (χ0n) is 14.3. The molecule has 0 fully saturated rings. The van der Waals surface area contributed by atoms with Crippen LogP contribution in [0.2, 0.25) is 0 Å². The molecule has 0 unspecified atom stereocenters. The molecular formula is C16H32N2O2. The average Bonchev–Trinajstić information content (AvgIpc) is 2.21. The molecular weight excluding hydrogens is 252 g/mol. The van der Waals surface area contributed by atoms with Crippen LogP contribution in [-0.2, 0) is 9.59 Å². The highest BCUT2D eigenvalue weighted by atomic mass is 16.2. The van der Waals surface area contributed by atoms with Gasteiger partial charge in [-0.05, 0) is 23.7 Å². The Morgan fingerprint density at radius 3 is 2.00 bits per heavy atom. The summed E-state index contributed by atoms with van der Waals surface area (Å²) in [6.45, 7) is 11.1. The third kappa shape index (κ3) is 9.82. The molecule has 4 nitrogen and oxygen atoms in total. The van der Waals surface area contributed by atoms with Crippen molar-refractivity contribution in [2.45, 2.75) is 60.3 Å². The van der Waals surface area contributed by atoms with Gasteiger partial charge in [-0.3, -0.25) is 9.59 Å². The van der Waals surface area contributed by atoms with Crippen molar-refractivity contribution < 1.29 is 9.59 Å². The normalized spacial score (nSPS) is 12.2. The Balaban J connectivity index is 3.94. The van der Waals surface area contributed by atoms with Crippen LogP contribution in [0, 0.1) is 10.8 Å². The fraction of sp³-hybridized carbons (Fsp3) is 0.875. The topological polar surface area (TPSA) is 49.4 Å². The molecule has 0 aromatic heterocycles. The van der Waals surface area contributed by atoms with Gasteiger partial charge in [0.2, 0.25) is 11.8 Å². The number of hydrogen-bond donors (Lipinski definition) is 1. The van der Waals surface area contributed by atoms with E-state index in [0.29, 0.717) is 19.4 Å². The van der Waals surface area contributed by atoms with E-state index in [1.54, 1.807) is 19.0 Å². The van der Waals surface area contributed by atoms with Crippen molar-refractivity contribution in [2.24, 2.45) is 10.8 Å². The fourth-order valence-electron chi connectivity index (χ4n) is 1.99. The maximum atomic E-state index is 11.7. The third-order valence-electron chi connectivity index (χ3n) is 3.17. The van der Waals surface area contributed by atoms with Crippen LogP contribution in [-0.4, -0.2) is 37.4 Å². The van der Waals surface area contributed by atoms with E-state index >= 15 is 0 Å². The Bertz CT molecular complexity index is 328. The number of nitrogens with zero attached hydrogens (tertiary/aromatic N) is 1. The van der Waals surface area contributed by atoms with Gasteiger partial charge in [0.1, 0.15) is 0 Å². The van der Waals surface area contributed by atoms with E-state index in [2.05, 4.69) is 39.9 Å². The zero-order valence-corrected chi connectivity index (χ0v) is 14.3. The Kier molecular flexibility index (Phi) is 7.25. The molecule has 0 bridgehead atoms. The maximum Gasteiger partial charge on any atom is 0.222 e. The summed E-state index contributed by atoms with van der Waals surface area (Å²) in [6.07, 6.45) is 2.94. The lowest BCUT2D eigenvalue weighted by Gasteiger charge is -2.25. The monoisotopic (exact) mass is 284 g/mol. The molecule has 0 saturated carbocycles. The van der Waals surface area contributed by atoms with Crippen molar-refractivity contribution in [3.8, 4) is 0 Å². The first-order valence-electron chi connectivity index (χ1n) is 7.40. The summed E-state index contributed by atoms with van der Waals surface area (Å²) in [5.41, 5.74) is 0.0115. The first-order valence-corrected chi connectivity index (χ1v) is 7.40. The summed E-state index contributed by atoms with van der Waals surface area (Å²) in [6, 6.07) is 0. The summed E-state index contributed by atoms with van der Waals surface area (Å²) in [5.74, 6) is 0.270. The predicted molar refractivity (Wildman–Crippen MR) is 83.4 cm³/mol. The van der Waals surface area contributed by atoms with E-state index in [4.69, 9.17) is 0 Å². The molecule has 0 rings (SSSR count). The van der Waals surface area contributed by atoms with Crippen LogP contribution in [0.25, 0.3) is 0 Å². The Labute approximate surface area is 124 Å². The van der Waals surface area contributed by atoms with Crippen LogP contribution in [0.4, 0.5) is 0 Å². The first kappa shape index (κ1) is 18.9. The Morgan fingerprint density at radius 1 is 1.00 bits per heavy atom. The molecule has 0 aromatic carbocycles. The van der Waals surface area contributed by atoms with E-state index in [1.165, 1.54) is 0 Å². The molecule has 2 amide bonds. The maximum absolute atomic E-state index is 11.7. The largest absolute Gasteiger partial charge is 0.356 e. The zero-order chi connectivity index (χ0) is 16.0. The van der Waals surface area contributed by atoms with E-state index in [-0.39, 0.29) is 22.6 Å². The molecule has 20 heavy (non-hydrogen) atoms. The molecule has 0 heterocycles. The van der Waals surface area contributed by atoms with Gasteiger partial charge in [0.15, 0.2) is 0 Å². The van der Waals surface area contributed by atoms with Gasteiger partial charge in [-0.25, -0.2) is 0 Å². The molecule has 0 spiro atoms. The molecule has 0 atom stereocenters. The number of rotatable bonds is 7. The lowest BCUT2D eigenvalue weighted by molar-refractivity contribution is -0.131. The minimum atomic E-state index is -0.0177. The van der Waals surface area contributed by atoms with E-state index in [9.17, 15) is 9.59 Å². The summed E-state index contributed by atoms with van der Waals surface area (Å²) in [5, 5.41) is 2.95. The SMILES string of the molecule is CN(C)C(=O)CC(C)(C)CCCNC(=O)CC(C)(C)C. The second kappa shape index (κ2) is 7.65. The Hall–Kier alpha value is -1.06. The van der Waals surface area contributed by atoms with Gasteiger partial charge in [-0.2, -0.15) is 0 Å². The van der Waals surface area contributed by atoms with Crippen LogP contribution in [0.15, 0.2) is 0 Å². The van der Waals surface area contributed by atoms with Crippen LogP contribution >= 0.6 is 0 Å². The Morgan fingerprint density at radius 2 is 1.55 bits per heavy atom. The average molecular weight is 284 g/mol. The number of nitrogens with one attached hydrogen (secondary N) is 1. The highest BCUT2D eigenvalue weighted by Gasteiger charge is 2.22. The smallest absolute Gasteiger partial charge is 0.222 e. The number of amides is 2. The minimum absolute atomic E-state index is 0.0177. The quantitative estimate of drug-likeness (QED) is 0.731. The lowest BCUT2D eigenvalue weighted by atomic mass is 9.84. The van der Waals surface area contributed by atoms with Gasteiger partial charge in [0.05, 0.1) is 0 Å². The van der Waals surface area contributed by atoms with E-state index in [1.807, 2.05) is 0 Å². The summed E-state index contributed by atoms with van der Waals surface area (Å²) in [4.78, 5) is 25.0. The predicted octanol–water partition coefficient (Wildman–Crippen LogP) is 2.82. The van der Waals surface area contributed by atoms with Gasteiger partial charge >= 0.3 is 0 Å². The number of carbonyl (C=O) groups is 2. The minimum Gasteiger partial charge on any atom is -0.356 e. The van der Waals surface area contributed by atoms with Crippen LogP contribution in [0.1, 0.15) is 60.3 Å². The van der Waals surface area contributed by atoms with Crippen molar-refractivity contribution >= 4 is 11.8 Å². The number of hydrogen-bond acceptors (Lipinski definition) is 2. The number of carbonyl (C=O) groups excluding carboxylic acids is 2. The van der Waals surface area contributed by atoms with Crippen LogP contribution in [0.3, 0.4) is 0 Å². The van der Waals surface area contributed by atoms with Crippen molar-refractivity contribution in [2.75, 3.05) is 20.6 Å². The molecule has 0 aromatic rings. The second-order valence-corrected chi connectivity index (χ2v) is 7.82. The molecule has 1 N–H and O–H groups in total. The molecule has 4 heteroatoms. The van der Waals surface area contributed by atoms with E-state index in [0.717, 1.165) is 12.8 Å². The molecule has 0 aliphatic heterocycles. The van der Waals surface area contributed by atoms with Crippen LogP contribution < -0.4 is 5.32 Å². The standard InChI is InChI=1S/C16H32N2O2/c1-15(2,3)11-13(19)17-10-8-9-16(4,5)12-14(20)18(6)7/h8-12H2,1-7H3,(H,17,19). The molecule has 0 radical (unpaired) electrons. The fourth-order valence-corrected chi connectivity index (χ4v) is 1.99. The molecule has 118 valence electrons. The first-order chi connectivity index (χ1) is 8.93.